The number of rotatable bonds is 8. The van der Waals surface area contributed by atoms with E-state index in [1.165, 1.54) is 48.8 Å². The van der Waals surface area contributed by atoms with Crippen molar-refractivity contribution in [3.8, 4) is 5.75 Å². The maximum absolute atomic E-state index is 6.82. The van der Waals surface area contributed by atoms with Crippen LogP contribution in [0.15, 0.2) is 48.5 Å². The van der Waals surface area contributed by atoms with Gasteiger partial charge in [0, 0.05) is 6.61 Å². The summed E-state index contributed by atoms with van der Waals surface area (Å²) in [6.45, 7) is 9.51. The van der Waals surface area contributed by atoms with Crippen molar-refractivity contribution >= 4 is 0 Å². The molecule has 0 aliphatic heterocycles. The highest BCUT2D eigenvalue weighted by Gasteiger charge is 2.62. The first-order chi connectivity index (χ1) is 15.5. The van der Waals surface area contributed by atoms with Crippen LogP contribution in [0.1, 0.15) is 81.9 Å². The van der Waals surface area contributed by atoms with Crippen molar-refractivity contribution in [3.05, 3.63) is 65.2 Å². The topological polar surface area (TPSA) is 18.5 Å². The second kappa shape index (κ2) is 8.86. The summed E-state index contributed by atoms with van der Waals surface area (Å²) in [6.07, 6.45) is 7.71. The maximum atomic E-state index is 6.82. The van der Waals surface area contributed by atoms with Gasteiger partial charge in [-0.15, -0.1) is 0 Å². The summed E-state index contributed by atoms with van der Waals surface area (Å²) in [6, 6.07) is 18.1. The Hall–Kier alpha value is -1.80. The van der Waals surface area contributed by atoms with Gasteiger partial charge in [-0.05, 0) is 105 Å². The molecule has 0 spiro atoms. The van der Waals surface area contributed by atoms with Crippen molar-refractivity contribution < 1.29 is 9.47 Å². The quantitative estimate of drug-likeness (QED) is 0.399. The molecule has 2 atom stereocenters. The predicted octanol–water partition coefficient (Wildman–Crippen LogP) is 7.64. The van der Waals surface area contributed by atoms with Crippen molar-refractivity contribution in [2.75, 3.05) is 6.61 Å². The molecule has 0 amide bonds. The minimum absolute atomic E-state index is 0.0491. The molecule has 2 aromatic rings. The Morgan fingerprint density at radius 2 is 1.44 bits per heavy atom. The number of hydrogen-bond donors (Lipinski definition) is 0. The Balaban J connectivity index is 1.53. The molecule has 6 rings (SSSR count). The molecule has 0 aromatic heterocycles. The molecule has 0 heterocycles. The molecular weight excluding hydrogens is 392 g/mol. The van der Waals surface area contributed by atoms with Crippen LogP contribution >= 0.6 is 0 Å². The largest absolute Gasteiger partial charge is 0.464 e. The fraction of sp³-hybridized carbons (Fsp3) is 0.600. The summed E-state index contributed by atoms with van der Waals surface area (Å²) in [4.78, 5) is 0. The van der Waals surface area contributed by atoms with Gasteiger partial charge in [-0.1, -0.05) is 55.8 Å². The van der Waals surface area contributed by atoms with Crippen molar-refractivity contribution in [2.45, 2.75) is 83.8 Å². The van der Waals surface area contributed by atoms with E-state index in [1.54, 1.807) is 0 Å². The third-order valence-corrected chi connectivity index (χ3v) is 9.05. The Morgan fingerprint density at radius 1 is 0.844 bits per heavy atom. The SMILES string of the molecule is CCOC(Oc1ccc(C(C)CC)cc1)C1(c2ccc(C)cc2)C2CC3CC(C2)CC1C3. The lowest BCUT2D eigenvalue weighted by atomic mass is 9.43. The molecular formula is C30H40O2. The Kier molecular flexibility index (Phi) is 6.09. The monoisotopic (exact) mass is 432 g/mol. The van der Waals surface area contributed by atoms with Crippen LogP contribution < -0.4 is 4.74 Å². The third kappa shape index (κ3) is 3.69. The summed E-state index contributed by atoms with van der Waals surface area (Å²) < 4.78 is 13.4. The molecule has 2 nitrogen and oxygen atoms in total. The zero-order chi connectivity index (χ0) is 22.3. The van der Waals surface area contributed by atoms with Crippen LogP contribution in [0.5, 0.6) is 5.75 Å². The fourth-order valence-corrected chi connectivity index (χ4v) is 7.45. The highest BCUT2D eigenvalue weighted by Crippen LogP contribution is 2.64. The molecule has 4 bridgehead atoms. The minimum atomic E-state index is -0.236. The third-order valence-electron chi connectivity index (χ3n) is 9.05. The van der Waals surface area contributed by atoms with Gasteiger partial charge in [0.25, 0.3) is 0 Å². The first-order valence-corrected chi connectivity index (χ1v) is 13.0. The lowest BCUT2D eigenvalue weighted by molar-refractivity contribution is -0.203. The highest BCUT2D eigenvalue weighted by atomic mass is 16.7. The summed E-state index contributed by atoms with van der Waals surface area (Å²) in [5, 5.41) is 0. The van der Waals surface area contributed by atoms with E-state index in [0.29, 0.717) is 24.4 Å². The number of ether oxygens (including phenoxy) is 2. The van der Waals surface area contributed by atoms with Gasteiger partial charge < -0.3 is 9.47 Å². The lowest BCUT2D eigenvalue weighted by Crippen LogP contribution is -2.63. The zero-order valence-electron chi connectivity index (χ0n) is 20.3. The van der Waals surface area contributed by atoms with Crippen LogP contribution in [0.3, 0.4) is 0 Å². The van der Waals surface area contributed by atoms with Crippen LogP contribution in [0, 0.1) is 30.6 Å². The van der Waals surface area contributed by atoms with Gasteiger partial charge in [-0.3, -0.25) is 0 Å². The van der Waals surface area contributed by atoms with Gasteiger partial charge in [-0.25, -0.2) is 0 Å². The van der Waals surface area contributed by atoms with Crippen LogP contribution in [-0.2, 0) is 10.2 Å². The van der Waals surface area contributed by atoms with E-state index in [4.69, 9.17) is 9.47 Å². The molecule has 2 unspecified atom stereocenters. The van der Waals surface area contributed by atoms with Crippen molar-refractivity contribution in [2.24, 2.45) is 23.7 Å². The first-order valence-electron chi connectivity index (χ1n) is 13.0. The number of benzene rings is 2. The Labute approximate surface area is 194 Å². The Morgan fingerprint density at radius 3 is 1.97 bits per heavy atom. The minimum Gasteiger partial charge on any atom is -0.464 e. The molecule has 2 aromatic carbocycles. The average Bonchev–Trinajstić information content (AvgIpc) is 2.80. The van der Waals surface area contributed by atoms with Gasteiger partial charge in [0.05, 0.1) is 5.41 Å². The maximum Gasteiger partial charge on any atom is 0.210 e. The molecule has 4 aliphatic carbocycles. The fourth-order valence-electron chi connectivity index (χ4n) is 7.45. The zero-order valence-corrected chi connectivity index (χ0v) is 20.3. The second-order valence-corrected chi connectivity index (χ2v) is 10.9. The van der Waals surface area contributed by atoms with Gasteiger partial charge in [0.2, 0.25) is 6.29 Å². The van der Waals surface area contributed by atoms with Crippen molar-refractivity contribution in [3.63, 3.8) is 0 Å². The molecule has 0 saturated heterocycles. The molecule has 4 aliphatic rings. The van der Waals surface area contributed by atoms with E-state index < -0.39 is 0 Å². The highest BCUT2D eigenvalue weighted by molar-refractivity contribution is 5.36. The molecule has 0 radical (unpaired) electrons. The van der Waals surface area contributed by atoms with Crippen LogP contribution in [0.4, 0.5) is 0 Å². The predicted molar refractivity (Wildman–Crippen MR) is 131 cm³/mol. The molecule has 172 valence electrons. The van der Waals surface area contributed by atoms with Crippen LogP contribution in [-0.4, -0.2) is 12.9 Å². The lowest BCUT2D eigenvalue weighted by Gasteiger charge is -2.63. The van der Waals surface area contributed by atoms with Gasteiger partial charge in [-0.2, -0.15) is 0 Å². The van der Waals surface area contributed by atoms with Crippen molar-refractivity contribution in [1.29, 1.82) is 0 Å². The summed E-state index contributed by atoms with van der Waals surface area (Å²) in [5.74, 6) is 4.64. The van der Waals surface area contributed by atoms with Crippen LogP contribution in [0.2, 0.25) is 0 Å². The standard InChI is InChI=1S/C30H40O2/c1-5-21(4)24-9-13-28(14-10-24)32-29(31-6-2)30(25-11-7-20(3)8-12-25)26-16-22-15-23(18-26)19-27(30)17-22/h7-14,21-23,26-27,29H,5-6,15-19H2,1-4H3. The smallest absolute Gasteiger partial charge is 0.210 e. The molecule has 32 heavy (non-hydrogen) atoms. The normalized spacial score (nSPS) is 32.6. The first kappa shape index (κ1) is 22.0. The van der Waals surface area contributed by atoms with Gasteiger partial charge in [0.1, 0.15) is 5.75 Å². The summed E-state index contributed by atoms with van der Waals surface area (Å²) in [7, 11) is 0. The van der Waals surface area contributed by atoms with Crippen LogP contribution in [0.25, 0.3) is 0 Å². The van der Waals surface area contributed by atoms with E-state index in [2.05, 4.69) is 76.2 Å². The molecule has 4 saturated carbocycles. The van der Waals surface area contributed by atoms with E-state index in [1.807, 2.05) is 0 Å². The van der Waals surface area contributed by atoms with E-state index >= 15 is 0 Å². The summed E-state index contributed by atoms with van der Waals surface area (Å²) >= 11 is 0. The van der Waals surface area contributed by atoms with E-state index in [-0.39, 0.29) is 11.7 Å². The van der Waals surface area contributed by atoms with E-state index in [9.17, 15) is 0 Å². The number of aryl methyl sites for hydroxylation is 1. The van der Waals surface area contributed by atoms with Gasteiger partial charge >= 0.3 is 0 Å². The summed E-state index contributed by atoms with van der Waals surface area (Å²) in [5.41, 5.74) is 4.09. The second-order valence-electron chi connectivity index (χ2n) is 10.9. The van der Waals surface area contributed by atoms with Gasteiger partial charge in [0.15, 0.2) is 0 Å². The van der Waals surface area contributed by atoms with E-state index in [0.717, 1.165) is 24.0 Å². The molecule has 2 heteroatoms. The molecule has 0 N–H and O–H groups in total. The molecule has 4 fully saturated rings. The average molecular weight is 433 g/mol. The Bertz CT molecular complexity index is 869. The number of hydrogen-bond acceptors (Lipinski definition) is 2. The van der Waals surface area contributed by atoms with Crippen molar-refractivity contribution in [1.82, 2.24) is 0 Å².